The van der Waals surface area contributed by atoms with E-state index in [2.05, 4.69) is 75.4 Å². The molecule has 0 bridgehead atoms. The van der Waals surface area contributed by atoms with Crippen molar-refractivity contribution < 1.29 is 20.8 Å². The minimum atomic E-state index is -0.826. The first-order chi connectivity index (χ1) is 11.1. The summed E-state index contributed by atoms with van der Waals surface area (Å²) < 4.78 is 0. The summed E-state index contributed by atoms with van der Waals surface area (Å²) >= 11 is -0.826. The van der Waals surface area contributed by atoms with Gasteiger partial charge >= 0.3 is 37.9 Å². The molecule has 0 spiro atoms. The summed E-state index contributed by atoms with van der Waals surface area (Å²) in [5, 5.41) is 2.70. The van der Waals surface area contributed by atoms with Crippen LogP contribution >= 0.6 is 17.0 Å². The third-order valence-corrected chi connectivity index (χ3v) is 4.30. The molecule has 0 aliphatic rings. The quantitative estimate of drug-likeness (QED) is 0.384. The zero-order valence-corrected chi connectivity index (χ0v) is 17.7. The van der Waals surface area contributed by atoms with Gasteiger partial charge in [0.1, 0.15) is 0 Å². The van der Waals surface area contributed by atoms with Crippen LogP contribution < -0.4 is 0 Å². The Labute approximate surface area is 157 Å². The average molecular weight is 424 g/mol. The molecule has 0 N–H and O–H groups in total. The van der Waals surface area contributed by atoms with Crippen LogP contribution in [-0.2, 0) is 20.8 Å². The fraction of sp³-hybridized carbons (Fsp3) is 0.250. The normalized spacial score (nSPS) is 11.7. The summed E-state index contributed by atoms with van der Waals surface area (Å²) in [6.45, 7) is 6.69. The standard InChI is InChI=1S/C20H21.2ClH.Zr/c1-4-15(3)16-8-10-17(11-9-16)19-7-5-6-18-12-14(2)13-20(18)19;;;/h5-13,15H,4H2,1-3H3;2*1H;/q-1;;;+2/p-2. The maximum absolute atomic E-state index is 4.93. The van der Waals surface area contributed by atoms with Gasteiger partial charge < -0.3 is 0 Å². The van der Waals surface area contributed by atoms with Crippen LogP contribution in [0.2, 0.25) is 0 Å². The van der Waals surface area contributed by atoms with Crippen molar-refractivity contribution in [2.24, 2.45) is 0 Å². The molecular formula is C20H21Cl2Zr-. The van der Waals surface area contributed by atoms with E-state index in [1.54, 1.807) is 0 Å². The third kappa shape index (κ3) is 4.75. The van der Waals surface area contributed by atoms with Crippen LogP contribution in [0.15, 0.2) is 54.6 Å². The molecule has 0 radical (unpaired) electrons. The van der Waals surface area contributed by atoms with Crippen LogP contribution in [0.1, 0.15) is 37.3 Å². The van der Waals surface area contributed by atoms with E-state index in [0.29, 0.717) is 5.92 Å². The molecule has 120 valence electrons. The third-order valence-electron chi connectivity index (χ3n) is 4.30. The molecule has 0 saturated heterocycles. The number of rotatable bonds is 3. The Hall–Kier alpha value is -0.487. The Morgan fingerprint density at radius 3 is 2.35 bits per heavy atom. The van der Waals surface area contributed by atoms with E-state index in [1.807, 2.05) is 0 Å². The molecule has 0 aliphatic heterocycles. The van der Waals surface area contributed by atoms with Gasteiger partial charge in [0.05, 0.1) is 0 Å². The molecule has 3 aromatic carbocycles. The zero-order valence-electron chi connectivity index (χ0n) is 13.7. The van der Waals surface area contributed by atoms with Crippen molar-refractivity contribution in [2.75, 3.05) is 0 Å². The molecule has 23 heavy (non-hydrogen) atoms. The van der Waals surface area contributed by atoms with Gasteiger partial charge in [0.25, 0.3) is 0 Å². The minimum absolute atomic E-state index is 0.640. The van der Waals surface area contributed by atoms with Gasteiger partial charge in [-0.25, -0.2) is 0 Å². The van der Waals surface area contributed by atoms with Crippen molar-refractivity contribution in [1.82, 2.24) is 0 Å². The van der Waals surface area contributed by atoms with Crippen LogP contribution in [0.4, 0.5) is 0 Å². The molecule has 3 heteroatoms. The molecule has 3 rings (SSSR count). The molecule has 3 aromatic rings. The summed E-state index contributed by atoms with van der Waals surface area (Å²) in [4.78, 5) is 0. The summed E-state index contributed by atoms with van der Waals surface area (Å²) in [5.74, 6) is 0.640. The first kappa shape index (κ1) is 18.8. The Kier molecular flexibility index (Phi) is 7.47. The van der Waals surface area contributed by atoms with Gasteiger partial charge in [0.2, 0.25) is 0 Å². The summed E-state index contributed by atoms with van der Waals surface area (Å²) in [6.07, 6.45) is 1.19. The van der Waals surface area contributed by atoms with Gasteiger partial charge in [-0.05, 0) is 23.5 Å². The molecule has 0 nitrogen and oxygen atoms in total. The number of hydrogen-bond donors (Lipinski definition) is 0. The predicted octanol–water partition coefficient (Wildman–Crippen LogP) is 7.42. The van der Waals surface area contributed by atoms with Crippen molar-refractivity contribution in [3.8, 4) is 11.1 Å². The van der Waals surface area contributed by atoms with E-state index in [1.165, 1.54) is 39.4 Å². The second-order valence-electron chi connectivity index (χ2n) is 5.84. The van der Waals surface area contributed by atoms with Crippen LogP contribution in [0.5, 0.6) is 0 Å². The fourth-order valence-electron chi connectivity index (χ4n) is 2.86. The topological polar surface area (TPSA) is 0 Å². The summed E-state index contributed by atoms with van der Waals surface area (Å²) in [7, 11) is 9.87. The Balaban J connectivity index is 0.000000595. The molecule has 0 fully saturated rings. The Morgan fingerprint density at radius 1 is 1.09 bits per heavy atom. The van der Waals surface area contributed by atoms with E-state index < -0.39 is 20.8 Å². The van der Waals surface area contributed by atoms with E-state index in [-0.39, 0.29) is 0 Å². The van der Waals surface area contributed by atoms with E-state index in [4.69, 9.17) is 17.0 Å². The van der Waals surface area contributed by atoms with Gasteiger partial charge in [0.15, 0.2) is 0 Å². The Morgan fingerprint density at radius 2 is 1.74 bits per heavy atom. The first-order valence-corrected chi connectivity index (χ1v) is 14.2. The van der Waals surface area contributed by atoms with Crippen LogP contribution in [0, 0.1) is 6.92 Å². The van der Waals surface area contributed by atoms with E-state index >= 15 is 0 Å². The molecule has 1 unspecified atom stereocenters. The molecule has 0 amide bonds. The number of halogens is 2. The van der Waals surface area contributed by atoms with Crippen LogP contribution in [-0.4, -0.2) is 0 Å². The monoisotopic (exact) mass is 421 g/mol. The molecule has 0 saturated carbocycles. The van der Waals surface area contributed by atoms with Crippen molar-refractivity contribution in [2.45, 2.75) is 33.1 Å². The van der Waals surface area contributed by atoms with E-state index in [9.17, 15) is 0 Å². The molecular weight excluding hydrogens is 402 g/mol. The molecule has 0 heterocycles. The van der Waals surface area contributed by atoms with Gasteiger partial charge in [-0.3, -0.25) is 0 Å². The van der Waals surface area contributed by atoms with Gasteiger partial charge in [-0.1, -0.05) is 56.7 Å². The van der Waals surface area contributed by atoms with Crippen LogP contribution in [0.3, 0.4) is 0 Å². The predicted molar refractivity (Wildman–Crippen MR) is 100 cm³/mol. The summed E-state index contributed by atoms with van der Waals surface area (Å²) in [6, 6.07) is 20.2. The number of hydrogen-bond acceptors (Lipinski definition) is 0. The zero-order chi connectivity index (χ0) is 16.8. The number of aryl methyl sites for hydroxylation is 1. The molecule has 0 aromatic heterocycles. The molecule has 0 aliphatic carbocycles. The number of benzene rings is 2. The van der Waals surface area contributed by atoms with Crippen molar-refractivity contribution in [3.05, 3.63) is 65.7 Å². The SMILES string of the molecule is CCC(C)c1ccc(-c2cccc3[cH-]c(C)cc23)cc1.[Cl][Zr][Cl]. The molecule has 1 atom stereocenters. The summed E-state index contributed by atoms with van der Waals surface area (Å²) in [5.41, 5.74) is 5.42. The van der Waals surface area contributed by atoms with Crippen LogP contribution in [0.25, 0.3) is 21.9 Å². The maximum atomic E-state index is 4.93. The first-order valence-electron chi connectivity index (χ1n) is 7.83. The average Bonchev–Trinajstić information content (AvgIpc) is 2.95. The van der Waals surface area contributed by atoms with E-state index in [0.717, 1.165) is 0 Å². The second-order valence-corrected chi connectivity index (χ2v) is 9.58. The van der Waals surface area contributed by atoms with Crippen molar-refractivity contribution in [3.63, 3.8) is 0 Å². The van der Waals surface area contributed by atoms with Crippen molar-refractivity contribution in [1.29, 1.82) is 0 Å². The van der Waals surface area contributed by atoms with Gasteiger partial charge in [-0.15, -0.1) is 34.5 Å². The Bertz CT molecular complexity index is 744. The van der Waals surface area contributed by atoms with Gasteiger partial charge in [-0.2, -0.15) is 6.07 Å². The van der Waals surface area contributed by atoms with Gasteiger partial charge in [0, 0.05) is 0 Å². The van der Waals surface area contributed by atoms with Crippen molar-refractivity contribution >= 4 is 27.8 Å². The fourth-order valence-corrected chi connectivity index (χ4v) is 2.86. The second kappa shape index (κ2) is 9.12. The number of fused-ring (bicyclic) bond motifs is 1.